The first kappa shape index (κ1) is 12.6. The second-order valence-electron chi connectivity index (χ2n) is 5.75. The van der Waals surface area contributed by atoms with Crippen LogP contribution in [0.1, 0.15) is 38.7 Å². The Kier molecular flexibility index (Phi) is 3.55. The summed E-state index contributed by atoms with van der Waals surface area (Å²) in [5, 5.41) is 13.6. The van der Waals surface area contributed by atoms with Gasteiger partial charge in [0, 0.05) is 18.5 Å². The lowest BCUT2D eigenvalue weighted by molar-refractivity contribution is 0.0138. The lowest BCUT2D eigenvalue weighted by Crippen LogP contribution is -2.43. The van der Waals surface area contributed by atoms with Crippen molar-refractivity contribution in [1.82, 2.24) is 5.32 Å². The zero-order chi connectivity index (χ0) is 12.5. The third-order valence-corrected chi connectivity index (χ3v) is 3.98. The van der Waals surface area contributed by atoms with E-state index < -0.39 is 5.60 Å². The Bertz CT molecular complexity index is 358. The van der Waals surface area contributed by atoms with Gasteiger partial charge in [0.2, 0.25) is 0 Å². The minimum absolute atomic E-state index is 0.281. The maximum Gasteiger partial charge on any atom is 0.0766 e. The average Bonchev–Trinajstić information content (AvgIpc) is 3.07. The van der Waals surface area contributed by atoms with Crippen LogP contribution in [0.5, 0.6) is 0 Å². The van der Waals surface area contributed by atoms with E-state index in [1.807, 2.05) is 6.92 Å². The largest absolute Gasteiger partial charge is 0.389 e. The highest BCUT2D eigenvalue weighted by atomic mass is 16.3. The maximum atomic E-state index is 10.2. The van der Waals surface area contributed by atoms with Crippen LogP contribution in [0.4, 0.5) is 0 Å². The number of aliphatic hydroxyl groups is 1. The lowest BCUT2D eigenvalue weighted by atomic mass is 9.92. The molecule has 1 aliphatic rings. The molecule has 0 aliphatic heterocycles. The fraction of sp³-hybridized carbons (Fsp3) is 0.600. The van der Waals surface area contributed by atoms with Crippen LogP contribution >= 0.6 is 0 Å². The predicted octanol–water partition coefficient (Wildman–Crippen LogP) is 2.54. The average molecular weight is 233 g/mol. The predicted molar refractivity (Wildman–Crippen MR) is 71.1 cm³/mol. The lowest BCUT2D eigenvalue weighted by Gasteiger charge is -2.28. The van der Waals surface area contributed by atoms with Crippen LogP contribution in [0.25, 0.3) is 0 Å². The second kappa shape index (κ2) is 4.79. The number of hydrogen-bond acceptors (Lipinski definition) is 2. The SMILES string of the molecule is CC(C)C(C)(O)CNC1CC1c1ccccc1. The van der Waals surface area contributed by atoms with E-state index in [0.717, 1.165) is 0 Å². The van der Waals surface area contributed by atoms with Crippen LogP contribution in [-0.2, 0) is 0 Å². The van der Waals surface area contributed by atoms with E-state index in [2.05, 4.69) is 49.5 Å². The summed E-state index contributed by atoms with van der Waals surface area (Å²) in [6, 6.07) is 11.2. The molecule has 3 unspecified atom stereocenters. The highest BCUT2D eigenvalue weighted by molar-refractivity contribution is 5.27. The van der Waals surface area contributed by atoms with Crippen molar-refractivity contribution in [3.8, 4) is 0 Å². The van der Waals surface area contributed by atoms with E-state index in [9.17, 15) is 5.11 Å². The molecule has 0 amide bonds. The van der Waals surface area contributed by atoms with E-state index in [1.54, 1.807) is 0 Å². The first-order valence-electron chi connectivity index (χ1n) is 6.51. The number of benzene rings is 1. The Morgan fingerprint density at radius 2 is 2.00 bits per heavy atom. The molecule has 0 bridgehead atoms. The van der Waals surface area contributed by atoms with Crippen LogP contribution in [0.3, 0.4) is 0 Å². The van der Waals surface area contributed by atoms with E-state index in [4.69, 9.17) is 0 Å². The maximum absolute atomic E-state index is 10.2. The quantitative estimate of drug-likeness (QED) is 0.819. The summed E-state index contributed by atoms with van der Waals surface area (Å²) in [5.74, 6) is 0.920. The van der Waals surface area contributed by atoms with Gasteiger partial charge in [0.05, 0.1) is 5.60 Å². The molecule has 1 fully saturated rings. The summed E-state index contributed by atoms with van der Waals surface area (Å²) in [5.41, 5.74) is 0.804. The molecule has 94 valence electrons. The van der Waals surface area contributed by atoms with Gasteiger partial charge in [-0.3, -0.25) is 0 Å². The molecular formula is C15H23NO. The van der Waals surface area contributed by atoms with E-state index >= 15 is 0 Å². The van der Waals surface area contributed by atoms with Gasteiger partial charge in [0.1, 0.15) is 0 Å². The van der Waals surface area contributed by atoms with Gasteiger partial charge in [-0.05, 0) is 24.8 Å². The molecule has 1 aromatic rings. The van der Waals surface area contributed by atoms with E-state index in [0.29, 0.717) is 18.5 Å². The molecule has 2 rings (SSSR count). The zero-order valence-electron chi connectivity index (χ0n) is 11.0. The molecule has 0 saturated heterocycles. The normalized spacial score (nSPS) is 26.9. The van der Waals surface area contributed by atoms with Gasteiger partial charge in [-0.25, -0.2) is 0 Å². The van der Waals surface area contributed by atoms with Crippen molar-refractivity contribution in [2.45, 2.75) is 44.8 Å². The van der Waals surface area contributed by atoms with Gasteiger partial charge in [-0.1, -0.05) is 44.2 Å². The standard InChI is InChI=1S/C15H23NO/c1-11(2)15(3,17)10-16-14-9-13(14)12-7-5-4-6-8-12/h4-8,11,13-14,16-17H,9-10H2,1-3H3. The van der Waals surface area contributed by atoms with Gasteiger partial charge in [-0.2, -0.15) is 0 Å². The number of nitrogens with one attached hydrogen (secondary N) is 1. The third kappa shape index (κ3) is 3.08. The van der Waals surface area contributed by atoms with Crippen LogP contribution in [0.2, 0.25) is 0 Å². The molecule has 2 N–H and O–H groups in total. The molecule has 2 nitrogen and oxygen atoms in total. The van der Waals surface area contributed by atoms with Gasteiger partial charge in [0.15, 0.2) is 0 Å². The molecule has 2 heteroatoms. The van der Waals surface area contributed by atoms with Gasteiger partial charge >= 0.3 is 0 Å². The Morgan fingerprint density at radius 1 is 1.35 bits per heavy atom. The minimum atomic E-state index is -0.607. The van der Waals surface area contributed by atoms with Gasteiger partial charge in [-0.15, -0.1) is 0 Å². The fourth-order valence-electron chi connectivity index (χ4n) is 2.03. The fourth-order valence-corrected chi connectivity index (χ4v) is 2.03. The van der Waals surface area contributed by atoms with Gasteiger partial charge < -0.3 is 10.4 Å². The Hall–Kier alpha value is -0.860. The Morgan fingerprint density at radius 3 is 2.59 bits per heavy atom. The Balaban J connectivity index is 1.81. The van der Waals surface area contributed by atoms with Crippen molar-refractivity contribution in [2.75, 3.05) is 6.54 Å². The molecular weight excluding hydrogens is 210 g/mol. The highest BCUT2D eigenvalue weighted by Gasteiger charge is 2.39. The first-order chi connectivity index (χ1) is 8.00. The van der Waals surface area contributed by atoms with Crippen molar-refractivity contribution in [2.24, 2.45) is 5.92 Å². The summed E-state index contributed by atoms with van der Waals surface area (Å²) >= 11 is 0. The molecule has 0 heterocycles. The first-order valence-corrected chi connectivity index (χ1v) is 6.51. The molecule has 0 spiro atoms. The van der Waals surface area contributed by atoms with Crippen molar-refractivity contribution < 1.29 is 5.11 Å². The van der Waals surface area contributed by atoms with E-state index in [1.165, 1.54) is 12.0 Å². The van der Waals surface area contributed by atoms with Crippen molar-refractivity contribution in [3.05, 3.63) is 35.9 Å². The molecule has 3 atom stereocenters. The highest BCUT2D eigenvalue weighted by Crippen LogP contribution is 2.40. The molecule has 17 heavy (non-hydrogen) atoms. The second-order valence-corrected chi connectivity index (χ2v) is 5.75. The molecule has 1 aliphatic carbocycles. The minimum Gasteiger partial charge on any atom is -0.389 e. The van der Waals surface area contributed by atoms with Crippen molar-refractivity contribution in [1.29, 1.82) is 0 Å². The van der Waals surface area contributed by atoms with Crippen LogP contribution in [0, 0.1) is 5.92 Å². The molecule has 1 aromatic carbocycles. The van der Waals surface area contributed by atoms with Crippen molar-refractivity contribution >= 4 is 0 Å². The summed E-state index contributed by atoms with van der Waals surface area (Å²) in [6.45, 7) is 6.70. The summed E-state index contributed by atoms with van der Waals surface area (Å²) in [4.78, 5) is 0. The number of rotatable bonds is 5. The van der Waals surface area contributed by atoms with Crippen molar-refractivity contribution in [3.63, 3.8) is 0 Å². The molecule has 0 aromatic heterocycles. The van der Waals surface area contributed by atoms with Crippen LogP contribution in [-0.4, -0.2) is 23.3 Å². The summed E-state index contributed by atoms with van der Waals surface area (Å²) < 4.78 is 0. The van der Waals surface area contributed by atoms with Gasteiger partial charge in [0.25, 0.3) is 0 Å². The number of hydrogen-bond donors (Lipinski definition) is 2. The monoisotopic (exact) mass is 233 g/mol. The zero-order valence-corrected chi connectivity index (χ0v) is 11.0. The third-order valence-electron chi connectivity index (χ3n) is 3.98. The molecule has 1 saturated carbocycles. The Labute approximate surface area is 104 Å². The smallest absolute Gasteiger partial charge is 0.0766 e. The summed E-state index contributed by atoms with van der Waals surface area (Å²) in [6.07, 6.45) is 1.19. The van der Waals surface area contributed by atoms with Crippen LogP contribution in [0.15, 0.2) is 30.3 Å². The van der Waals surface area contributed by atoms with E-state index in [-0.39, 0.29) is 5.92 Å². The molecule has 0 radical (unpaired) electrons. The summed E-state index contributed by atoms with van der Waals surface area (Å²) in [7, 11) is 0. The van der Waals surface area contributed by atoms with Crippen LogP contribution < -0.4 is 5.32 Å². The topological polar surface area (TPSA) is 32.3 Å².